The van der Waals surface area contributed by atoms with E-state index in [0.29, 0.717) is 6.04 Å². The van der Waals surface area contributed by atoms with Gasteiger partial charge in [0.05, 0.1) is 0 Å². The maximum Gasteiger partial charge on any atom is 0.191 e. The molecule has 0 saturated carbocycles. The Morgan fingerprint density at radius 2 is 1.82 bits per heavy atom. The van der Waals surface area contributed by atoms with Gasteiger partial charge >= 0.3 is 0 Å². The SMILES string of the molecule is CN=C(NCCC1CCN(C)CC1)NC(C)CCC(C)C.I. The third-order valence-corrected chi connectivity index (χ3v) is 4.47. The molecule has 1 fully saturated rings. The Morgan fingerprint density at radius 3 is 2.36 bits per heavy atom. The molecule has 0 aromatic heterocycles. The van der Waals surface area contributed by atoms with Crippen LogP contribution in [-0.4, -0.2) is 50.6 Å². The average molecular weight is 424 g/mol. The zero-order chi connectivity index (χ0) is 15.7. The van der Waals surface area contributed by atoms with E-state index in [9.17, 15) is 0 Å². The molecule has 1 atom stereocenters. The van der Waals surface area contributed by atoms with Crippen molar-refractivity contribution in [2.24, 2.45) is 16.8 Å². The van der Waals surface area contributed by atoms with Crippen LogP contribution in [0.3, 0.4) is 0 Å². The Bertz CT molecular complexity index is 299. The molecule has 0 amide bonds. The third kappa shape index (κ3) is 9.87. The molecule has 1 aliphatic heterocycles. The standard InChI is InChI=1S/C17H36N4.HI/c1-14(2)6-7-15(3)20-17(18-4)19-11-8-16-9-12-21(5)13-10-16;/h14-16H,6-13H2,1-5H3,(H2,18,19,20);1H. The number of nitrogens with one attached hydrogen (secondary N) is 2. The lowest BCUT2D eigenvalue weighted by atomic mass is 9.94. The van der Waals surface area contributed by atoms with Crippen LogP contribution in [-0.2, 0) is 0 Å². The van der Waals surface area contributed by atoms with Crippen LogP contribution in [0, 0.1) is 11.8 Å². The average Bonchev–Trinajstić information content (AvgIpc) is 2.46. The summed E-state index contributed by atoms with van der Waals surface area (Å²) in [5.74, 6) is 2.61. The lowest BCUT2D eigenvalue weighted by Crippen LogP contribution is -2.43. The summed E-state index contributed by atoms with van der Waals surface area (Å²) in [4.78, 5) is 6.77. The van der Waals surface area contributed by atoms with Crippen molar-refractivity contribution < 1.29 is 0 Å². The van der Waals surface area contributed by atoms with Gasteiger partial charge in [-0.25, -0.2) is 0 Å². The number of likely N-dealkylation sites (tertiary alicyclic amines) is 1. The Morgan fingerprint density at radius 1 is 1.18 bits per heavy atom. The van der Waals surface area contributed by atoms with Gasteiger partial charge < -0.3 is 15.5 Å². The molecule has 0 aromatic rings. The summed E-state index contributed by atoms with van der Waals surface area (Å²) in [6, 6.07) is 0.488. The number of rotatable bonds is 7. The van der Waals surface area contributed by atoms with Crippen LogP contribution in [0.25, 0.3) is 0 Å². The zero-order valence-electron chi connectivity index (χ0n) is 15.2. The molecule has 2 N–H and O–H groups in total. The van der Waals surface area contributed by atoms with Crippen molar-refractivity contribution in [3.05, 3.63) is 0 Å². The smallest absolute Gasteiger partial charge is 0.191 e. The number of piperidine rings is 1. The molecule has 0 aliphatic carbocycles. The first-order valence-electron chi connectivity index (χ1n) is 8.67. The minimum atomic E-state index is 0. The van der Waals surface area contributed by atoms with E-state index >= 15 is 0 Å². The van der Waals surface area contributed by atoms with E-state index in [1.807, 2.05) is 7.05 Å². The molecule has 1 saturated heterocycles. The fourth-order valence-electron chi connectivity index (χ4n) is 2.83. The highest BCUT2D eigenvalue weighted by molar-refractivity contribution is 14.0. The van der Waals surface area contributed by atoms with Gasteiger partial charge in [-0.2, -0.15) is 0 Å². The van der Waals surface area contributed by atoms with Gasteiger partial charge in [0.25, 0.3) is 0 Å². The fraction of sp³-hybridized carbons (Fsp3) is 0.941. The Hall–Kier alpha value is -0.0400. The van der Waals surface area contributed by atoms with Crippen molar-refractivity contribution in [3.63, 3.8) is 0 Å². The predicted octanol–water partition coefficient (Wildman–Crippen LogP) is 3.33. The first-order chi connectivity index (χ1) is 10.0. The van der Waals surface area contributed by atoms with Gasteiger partial charge in [0.2, 0.25) is 0 Å². The number of aliphatic imine (C=N–C) groups is 1. The van der Waals surface area contributed by atoms with Crippen molar-refractivity contribution in [1.29, 1.82) is 0 Å². The molecular weight excluding hydrogens is 387 g/mol. The first-order valence-corrected chi connectivity index (χ1v) is 8.67. The number of guanidine groups is 1. The number of hydrogen-bond donors (Lipinski definition) is 2. The largest absolute Gasteiger partial charge is 0.356 e. The molecule has 0 radical (unpaired) electrons. The van der Waals surface area contributed by atoms with Gasteiger partial charge in [0.1, 0.15) is 0 Å². The quantitative estimate of drug-likeness (QED) is 0.374. The molecule has 5 heteroatoms. The summed E-state index contributed by atoms with van der Waals surface area (Å²) in [5, 5.41) is 6.97. The van der Waals surface area contributed by atoms with Crippen LogP contribution >= 0.6 is 24.0 Å². The lowest BCUT2D eigenvalue weighted by Gasteiger charge is -2.29. The number of hydrogen-bond acceptors (Lipinski definition) is 2. The second-order valence-electron chi connectivity index (χ2n) is 7.05. The van der Waals surface area contributed by atoms with Crippen LogP contribution in [0.5, 0.6) is 0 Å². The number of nitrogens with zero attached hydrogens (tertiary/aromatic N) is 2. The predicted molar refractivity (Wildman–Crippen MR) is 108 cm³/mol. The Balaban J connectivity index is 0.00000441. The maximum atomic E-state index is 4.34. The van der Waals surface area contributed by atoms with Crippen molar-refractivity contribution in [3.8, 4) is 0 Å². The summed E-state index contributed by atoms with van der Waals surface area (Å²) in [7, 11) is 4.08. The molecule has 1 aliphatic rings. The van der Waals surface area contributed by atoms with E-state index in [0.717, 1.165) is 24.3 Å². The van der Waals surface area contributed by atoms with E-state index in [2.05, 4.69) is 48.3 Å². The molecule has 1 rings (SSSR count). The normalized spacial score (nSPS) is 18.9. The molecular formula is C17H37IN4. The van der Waals surface area contributed by atoms with Crippen molar-refractivity contribution in [2.45, 2.75) is 58.9 Å². The Kier molecular flexibility index (Phi) is 12.4. The summed E-state index contributed by atoms with van der Waals surface area (Å²) in [6.45, 7) is 10.3. The van der Waals surface area contributed by atoms with Gasteiger partial charge in [0.15, 0.2) is 5.96 Å². The first kappa shape index (κ1) is 22.0. The van der Waals surface area contributed by atoms with Crippen molar-refractivity contribution >= 4 is 29.9 Å². The van der Waals surface area contributed by atoms with E-state index in [1.165, 1.54) is 45.2 Å². The highest BCUT2D eigenvalue weighted by atomic mass is 127. The topological polar surface area (TPSA) is 39.7 Å². The molecule has 4 nitrogen and oxygen atoms in total. The monoisotopic (exact) mass is 424 g/mol. The molecule has 0 aromatic carbocycles. The molecule has 0 bridgehead atoms. The third-order valence-electron chi connectivity index (χ3n) is 4.47. The van der Waals surface area contributed by atoms with Gasteiger partial charge in [0, 0.05) is 19.6 Å². The van der Waals surface area contributed by atoms with Crippen molar-refractivity contribution in [1.82, 2.24) is 15.5 Å². The molecule has 132 valence electrons. The second kappa shape index (κ2) is 12.4. The van der Waals surface area contributed by atoms with Crippen LogP contribution < -0.4 is 10.6 Å². The fourth-order valence-corrected chi connectivity index (χ4v) is 2.83. The summed E-state index contributed by atoms with van der Waals surface area (Å²) in [6.07, 6.45) is 6.41. The summed E-state index contributed by atoms with van der Waals surface area (Å²) in [5.41, 5.74) is 0. The minimum absolute atomic E-state index is 0. The molecule has 1 heterocycles. The van der Waals surface area contributed by atoms with E-state index in [1.54, 1.807) is 0 Å². The van der Waals surface area contributed by atoms with Crippen LogP contribution in [0.15, 0.2) is 4.99 Å². The van der Waals surface area contributed by atoms with Gasteiger partial charge in [-0.15, -0.1) is 24.0 Å². The molecule has 22 heavy (non-hydrogen) atoms. The Labute approximate surface area is 154 Å². The number of halogens is 1. The highest BCUT2D eigenvalue weighted by Crippen LogP contribution is 2.18. The van der Waals surface area contributed by atoms with E-state index in [4.69, 9.17) is 0 Å². The van der Waals surface area contributed by atoms with Crippen LogP contribution in [0.2, 0.25) is 0 Å². The minimum Gasteiger partial charge on any atom is -0.356 e. The van der Waals surface area contributed by atoms with Gasteiger partial charge in [-0.1, -0.05) is 13.8 Å². The van der Waals surface area contributed by atoms with E-state index in [-0.39, 0.29) is 24.0 Å². The summed E-state index contributed by atoms with van der Waals surface area (Å²) >= 11 is 0. The highest BCUT2D eigenvalue weighted by Gasteiger charge is 2.16. The van der Waals surface area contributed by atoms with E-state index < -0.39 is 0 Å². The molecule has 1 unspecified atom stereocenters. The van der Waals surface area contributed by atoms with Gasteiger partial charge in [-0.05, 0) is 71.0 Å². The second-order valence-corrected chi connectivity index (χ2v) is 7.05. The zero-order valence-corrected chi connectivity index (χ0v) is 17.5. The van der Waals surface area contributed by atoms with Crippen LogP contribution in [0.1, 0.15) is 52.9 Å². The maximum absolute atomic E-state index is 4.34. The van der Waals surface area contributed by atoms with Crippen LogP contribution in [0.4, 0.5) is 0 Å². The summed E-state index contributed by atoms with van der Waals surface area (Å²) < 4.78 is 0. The molecule has 0 spiro atoms. The van der Waals surface area contributed by atoms with Crippen molar-refractivity contribution in [2.75, 3.05) is 33.7 Å². The lowest BCUT2D eigenvalue weighted by molar-refractivity contribution is 0.213. The van der Waals surface area contributed by atoms with Gasteiger partial charge in [-0.3, -0.25) is 4.99 Å².